The Morgan fingerprint density at radius 2 is 1.39 bits per heavy atom. The average Bonchev–Trinajstić information content (AvgIpc) is 2.38. The second-order valence-electron chi connectivity index (χ2n) is 4.15. The second kappa shape index (κ2) is 4.92. The molecule has 0 aliphatic heterocycles. The van der Waals surface area contributed by atoms with Crippen molar-refractivity contribution in [3.8, 4) is 11.1 Å². The van der Waals surface area contributed by atoms with E-state index in [1.165, 1.54) is 6.92 Å². The molecule has 4 heteroatoms. The maximum absolute atomic E-state index is 11.0. The van der Waals surface area contributed by atoms with E-state index in [1.807, 2.05) is 42.5 Å². The molecule has 0 heterocycles. The lowest BCUT2D eigenvalue weighted by Crippen LogP contribution is -2.08. The molecule has 2 rings (SSSR count). The highest BCUT2D eigenvalue weighted by atomic mass is 32.2. The molecule has 0 aliphatic rings. The maximum Gasteiger partial charge on any atom is 0.271 e. The Bertz CT molecular complexity index is 616. The highest BCUT2D eigenvalue weighted by molar-refractivity contribution is 7.86. The van der Waals surface area contributed by atoms with Gasteiger partial charge in [0.1, 0.15) is 5.25 Å². The Kier molecular flexibility index (Phi) is 3.50. The van der Waals surface area contributed by atoms with Gasteiger partial charge in [0.05, 0.1) is 0 Å². The molecule has 94 valence electrons. The average molecular weight is 262 g/mol. The van der Waals surface area contributed by atoms with Crippen LogP contribution in [0, 0.1) is 0 Å². The molecule has 0 amide bonds. The molecule has 1 N–H and O–H groups in total. The number of benzene rings is 2. The first-order valence-corrected chi connectivity index (χ1v) is 7.10. The lowest BCUT2D eigenvalue weighted by Gasteiger charge is -2.09. The van der Waals surface area contributed by atoms with Gasteiger partial charge in [-0.2, -0.15) is 8.42 Å². The van der Waals surface area contributed by atoms with Crippen molar-refractivity contribution in [2.75, 3.05) is 0 Å². The summed E-state index contributed by atoms with van der Waals surface area (Å²) in [5, 5.41) is -0.901. The van der Waals surface area contributed by atoms with Gasteiger partial charge < -0.3 is 0 Å². The highest BCUT2D eigenvalue weighted by Crippen LogP contribution is 2.24. The van der Waals surface area contributed by atoms with Crippen LogP contribution in [0.15, 0.2) is 54.6 Å². The summed E-state index contributed by atoms with van der Waals surface area (Å²) >= 11 is 0. The normalized spacial score (nSPS) is 13.2. The van der Waals surface area contributed by atoms with Crippen LogP contribution in [0.5, 0.6) is 0 Å². The number of rotatable bonds is 3. The minimum absolute atomic E-state index is 0.581. The van der Waals surface area contributed by atoms with Gasteiger partial charge in [-0.05, 0) is 23.6 Å². The van der Waals surface area contributed by atoms with Crippen LogP contribution in [-0.2, 0) is 10.1 Å². The van der Waals surface area contributed by atoms with Gasteiger partial charge in [0.15, 0.2) is 0 Å². The van der Waals surface area contributed by atoms with Crippen LogP contribution < -0.4 is 0 Å². The van der Waals surface area contributed by atoms with E-state index in [0.29, 0.717) is 5.56 Å². The molecule has 0 bridgehead atoms. The molecule has 3 nitrogen and oxygen atoms in total. The SMILES string of the molecule is CC(c1ccc(-c2ccccc2)cc1)S(=O)(=O)O. The Morgan fingerprint density at radius 3 is 1.89 bits per heavy atom. The van der Waals surface area contributed by atoms with E-state index >= 15 is 0 Å². The molecule has 0 aliphatic carbocycles. The van der Waals surface area contributed by atoms with Gasteiger partial charge in [0.2, 0.25) is 0 Å². The van der Waals surface area contributed by atoms with Crippen LogP contribution in [0.25, 0.3) is 11.1 Å². The fraction of sp³-hybridized carbons (Fsp3) is 0.143. The van der Waals surface area contributed by atoms with Gasteiger partial charge in [-0.15, -0.1) is 0 Å². The molecule has 0 fully saturated rings. The minimum Gasteiger partial charge on any atom is -0.285 e. The fourth-order valence-electron chi connectivity index (χ4n) is 1.75. The Balaban J connectivity index is 2.32. The fourth-order valence-corrected chi connectivity index (χ4v) is 2.25. The van der Waals surface area contributed by atoms with Crippen molar-refractivity contribution in [1.82, 2.24) is 0 Å². The zero-order valence-electron chi connectivity index (χ0n) is 9.95. The van der Waals surface area contributed by atoms with Gasteiger partial charge in [-0.1, -0.05) is 54.6 Å². The molecule has 1 unspecified atom stereocenters. The van der Waals surface area contributed by atoms with Gasteiger partial charge in [0.25, 0.3) is 10.1 Å². The summed E-state index contributed by atoms with van der Waals surface area (Å²) in [6.45, 7) is 1.47. The van der Waals surface area contributed by atoms with Crippen molar-refractivity contribution >= 4 is 10.1 Å². The van der Waals surface area contributed by atoms with Gasteiger partial charge in [0, 0.05) is 0 Å². The minimum atomic E-state index is -4.03. The molecule has 0 saturated carbocycles. The van der Waals surface area contributed by atoms with E-state index in [-0.39, 0.29) is 0 Å². The first-order valence-electron chi connectivity index (χ1n) is 5.60. The number of hydrogen-bond donors (Lipinski definition) is 1. The van der Waals surface area contributed by atoms with Crippen LogP contribution in [0.1, 0.15) is 17.7 Å². The Morgan fingerprint density at radius 1 is 0.889 bits per heavy atom. The Hall–Kier alpha value is -1.65. The van der Waals surface area contributed by atoms with Crippen molar-refractivity contribution in [1.29, 1.82) is 0 Å². The smallest absolute Gasteiger partial charge is 0.271 e. The van der Waals surface area contributed by atoms with Gasteiger partial charge in [-0.25, -0.2) is 0 Å². The van der Waals surface area contributed by atoms with Gasteiger partial charge >= 0.3 is 0 Å². The third-order valence-corrected chi connectivity index (χ3v) is 4.10. The summed E-state index contributed by atoms with van der Waals surface area (Å²) in [6, 6.07) is 17.0. The van der Waals surface area contributed by atoms with Crippen molar-refractivity contribution < 1.29 is 13.0 Å². The molecular weight excluding hydrogens is 248 g/mol. The number of hydrogen-bond acceptors (Lipinski definition) is 2. The summed E-state index contributed by atoms with van der Waals surface area (Å²) < 4.78 is 31.1. The lowest BCUT2D eigenvalue weighted by atomic mass is 10.0. The molecule has 0 radical (unpaired) electrons. The zero-order valence-corrected chi connectivity index (χ0v) is 10.8. The van der Waals surface area contributed by atoms with E-state index in [1.54, 1.807) is 12.1 Å². The molecule has 2 aromatic carbocycles. The van der Waals surface area contributed by atoms with Crippen molar-refractivity contribution in [2.45, 2.75) is 12.2 Å². The third-order valence-electron chi connectivity index (χ3n) is 2.93. The topological polar surface area (TPSA) is 54.4 Å². The van der Waals surface area contributed by atoms with Crippen LogP contribution in [0.4, 0.5) is 0 Å². The summed E-state index contributed by atoms with van der Waals surface area (Å²) in [4.78, 5) is 0. The monoisotopic (exact) mass is 262 g/mol. The first-order chi connectivity index (χ1) is 8.48. The quantitative estimate of drug-likeness (QED) is 0.863. The molecule has 0 spiro atoms. The zero-order chi connectivity index (χ0) is 13.2. The standard InChI is InChI=1S/C14H14O3S/c1-11(18(15,16)17)12-7-9-14(10-8-12)13-5-3-2-4-6-13/h2-11H,1H3,(H,15,16,17). The van der Waals surface area contributed by atoms with E-state index in [4.69, 9.17) is 4.55 Å². The summed E-state index contributed by atoms with van der Waals surface area (Å²) in [7, 11) is -4.03. The van der Waals surface area contributed by atoms with E-state index < -0.39 is 15.4 Å². The summed E-state index contributed by atoms with van der Waals surface area (Å²) in [5.74, 6) is 0. The molecule has 0 saturated heterocycles. The lowest BCUT2D eigenvalue weighted by molar-refractivity contribution is 0.472. The Labute approximate surface area is 107 Å². The van der Waals surface area contributed by atoms with Crippen molar-refractivity contribution in [3.05, 3.63) is 60.2 Å². The van der Waals surface area contributed by atoms with Gasteiger partial charge in [-0.3, -0.25) is 4.55 Å². The largest absolute Gasteiger partial charge is 0.285 e. The van der Waals surface area contributed by atoms with E-state index in [9.17, 15) is 8.42 Å². The van der Waals surface area contributed by atoms with Crippen LogP contribution >= 0.6 is 0 Å². The molecule has 2 aromatic rings. The molecule has 18 heavy (non-hydrogen) atoms. The van der Waals surface area contributed by atoms with Crippen LogP contribution in [0.3, 0.4) is 0 Å². The predicted molar refractivity (Wildman–Crippen MR) is 71.8 cm³/mol. The van der Waals surface area contributed by atoms with Crippen molar-refractivity contribution in [3.63, 3.8) is 0 Å². The van der Waals surface area contributed by atoms with E-state index in [2.05, 4.69) is 0 Å². The summed E-state index contributed by atoms with van der Waals surface area (Å²) in [6.07, 6.45) is 0. The van der Waals surface area contributed by atoms with Crippen LogP contribution in [0.2, 0.25) is 0 Å². The van der Waals surface area contributed by atoms with Crippen molar-refractivity contribution in [2.24, 2.45) is 0 Å². The highest BCUT2D eigenvalue weighted by Gasteiger charge is 2.19. The second-order valence-corrected chi connectivity index (χ2v) is 5.88. The predicted octanol–water partition coefficient (Wildman–Crippen LogP) is 3.30. The first kappa shape index (κ1) is 12.8. The molecular formula is C14H14O3S. The van der Waals surface area contributed by atoms with E-state index in [0.717, 1.165) is 11.1 Å². The summed E-state index contributed by atoms with van der Waals surface area (Å²) in [5.41, 5.74) is 2.67. The maximum atomic E-state index is 11.0. The van der Waals surface area contributed by atoms with Crippen LogP contribution in [-0.4, -0.2) is 13.0 Å². The third kappa shape index (κ3) is 2.78. The molecule has 0 aromatic heterocycles. The molecule has 1 atom stereocenters.